The van der Waals surface area contributed by atoms with Crippen molar-refractivity contribution in [3.63, 3.8) is 0 Å². The minimum absolute atomic E-state index is 0.0297. The van der Waals surface area contributed by atoms with Crippen LogP contribution in [0.25, 0.3) is 0 Å². The Morgan fingerprint density at radius 1 is 0.588 bits per heavy atom. The number of carbonyl (C=O) groups excluding carboxylic acids is 2. The summed E-state index contributed by atoms with van der Waals surface area (Å²) in [6, 6.07) is 0. The fourth-order valence-electron chi connectivity index (χ4n) is 5.40. The summed E-state index contributed by atoms with van der Waals surface area (Å²) in [5, 5.41) is 0. The molecule has 9 nitrogen and oxygen atoms in total. The van der Waals surface area contributed by atoms with Crippen LogP contribution in [0.4, 0.5) is 0 Å². The summed E-state index contributed by atoms with van der Waals surface area (Å²) in [6.07, 6.45) is 35.1. The van der Waals surface area contributed by atoms with E-state index in [0.717, 1.165) is 77.0 Å². The van der Waals surface area contributed by atoms with Gasteiger partial charge < -0.3 is 18.9 Å². The van der Waals surface area contributed by atoms with Gasteiger partial charge in [-0.25, -0.2) is 4.57 Å². The largest absolute Gasteiger partial charge is 0.472 e. The standard InChI is InChI=1S/C41H78NO8P/c1-6-8-10-12-14-16-18-19-20-21-22-24-26-28-30-32-34-41(44)50-39(38-49-51(45,46)48-36-35-42(3,4)5)37-47-40(43)33-31-29-27-25-23-17-15-13-11-9-7-2/h13,15,20-21,39H,6-12,14,16-19,22-38H2,1-5H3/p+1/b15-13-,21-20-/t39-/m1/s1. The normalized spacial score (nSPS) is 13.9. The molecule has 10 heteroatoms. The zero-order valence-corrected chi connectivity index (χ0v) is 34.5. The molecule has 0 heterocycles. The number of allylic oxidation sites excluding steroid dienone is 4. The van der Waals surface area contributed by atoms with Crippen molar-refractivity contribution in [1.29, 1.82) is 0 Å². The highest BCUT2D eigenvalue weighted by Gasteiger charge is 2.27. The molecule has 0 amide bonds. The number of likely N-dealkylation sites (N-methyl/N-ethyl adjacent to an activating group) is 1. The molecule has 1 unspecified atom stereocenters. The average Bonchev–Trinajstić information content (AvgIpc) is 3.07. The molecular formula is C41H79NO8P+. The number of carbonyl (C=O) groups is 2. The SMILES string of the molecule is CCCC/C=C\CCCCCCCC(=O)OC[C@H](COP(=O)(O)OCC[N+](C)(C)C)OC(=O)CCCCCCC/C=C\CCCCCCCCC. The van der Waals surface area contributed by atoms with E-state index in [2.05, 4.69) is 38.2 Å². The highest BCUT2D eigenvalue weighted by atomic mass is 31.2. The van der Waals surface area contributed by atoms with E-state index in [4.69, 9.17) is 18.5 Å². The second kappa shape index (κ2) is 34.3. The van der Waals surface area contributed by atoms with Crippen molar-refractivity contribution in [2.45, 2.75) is 180 Å². The Morgan fingerprint density at radius 3 is 1.51 bits per heavy atom. The number of hydrogen-bond donors (Lipinski definition) is 1. The minimum Gasteiger partial charge on any atom is -0.462 e. The van der Waals surface area contributed by atoms with Crippen molar-refractivity contribution in [1.82, 2.24) is 0 Å². The number of quaternary nitrogens is 1. The molecule has 0 aromatic heterocycles. The zero-order valence-electron chi connectivity index (χ0n) is 33.6. The number of phosphoric ester groups is 1. The van der Waals surface area contributed by atoms with Crippen LogP contribution in [0.1, 0.15) is 174 Å². The molecule has 0 saturated carbocycles. The number of hydrogen-bond acceptors (Lipinski definition) is 7. The summed E-state index contributed by atoms with van der Waals surface area (Å²) in [5.74, 6) is -0.819. The molecule has 300 valence electrons. The van der Waals surface area contributed by atoms with Gasteiger partial charge in [0.2, 0.25) is 0 Å². The molecule has 1 N–H and O–H groups in total. The minimum atomic E-state index is -4.37. The predicted molar refractivity (Wildman–Crippen MR) is 211 cm³/mol. The summed E-state index contributed by atoms with van der Waals surface area (Å²) < 4.78 is 34.2. The lowest BCUT2D eigenvalue weighted by Gasteiger charge is -2.24. The van der Waals surface area contributed by atoms with Gasteiger partial charge in [-0.3, -0.25) is 18.6 Å². The summed E-state index contributed by atoms with van der Waals surface area (Å²) in [6.45, 7) is 4.35. The van der Waals surface area contributed by atoms with Crippen LogP contribution < -0.4 is 0 Å². The summed E-state index contributed by atoms with van der Waals surface area (Å²) in [5.41, 5.74) is 0. The molecule has 0 bridgehead atoms. The lowest BCUT2D eigenvalue weighted by molar-refractivity contribution is -0.870. The first-order chi connectivity index (χ1) is 24.5. The zero-order chi connectivity index (χ0) is 37.9. The molecule has 0 aliphatic rings. The van der Waals surface area contributed by atoms with E-state index in [1.54, 1.807) is 0 Å². The number of rotatable bonds is 37. The molecule has 0 spiro atoms. The third-order valence-electron chi connectivity index (χ3n) is 8.70. The van der Waals surface area contributed by atoms with Crippen LogP contribution in [0.3, 0.4) is 0 Å². The Balaban J connectivity index is 4.41. The van der Waals surface area contributed by atoms with Crippen LogP contribution in [-0.2, 0) is 32.7 Å². The van der Waals surface area contributed by atoms with Gasteiger partial charge in [-0.2, -0.15) is 0 Å². The Morgan fingerprint density at radius 2 is 1.02 bits per heavy atom. The molecular weight excluding hydrogens is 665 g/mol. The van der Waals surface area contributed by atoms with Gasteiger partial charge in [0.25, 0.3) is 0 Å². The molecule has 0 aliphatic heterocycles. The van der Waals surface area contributed by atoms with Crippen molar-refractivity contribution < 1.29 is 42.1 Å². The fourth-order valence-corrected chi connectivity index (χ4v) is 6.14. The van der Waals surface area contributed by atoms with E-state index in [0.29, 0.717) is 17.4 Å². The van der Waals surface area contributed by atoms with Crippen LogP contribution >= 0.6 is 7.82 Å². The quantitative estimate of drug-likeness (QED) is 0.0220. The smallest absolute Gasteiger partial charge is 0.462 e. The van der Waals surface area contributed by atoms with Crippen molar-refractivity contribution in [3.8, 4) is 0 Å². The Bertz CT molecular complexity index is 933. The number of phosphoric acid groups is 1. The van der Waals surface area contributed by atoms with E-state index in [9.17, 15) is 19.0 Å². The van der Waals surface area contributed by atoms with Gasteiger partial charge in [0.15, 0.2) is 6.10 Å². The Labute approximate surface area is 313 Å². The van der Waals surface area contributed by atoms with Gasteiger partial charge in [-0.15, -0.1) is 0 Å². The predicted octanol–water partition coefficient (Wildman–Crippen LogP) is 11.2. The number of esters is 2. The van der Waals surface area contributed by atoms with E-state index < -0.39 is 26.5 Å². The van der Waals surface area contributed by atoms with Gasteiger partial charge in [0.05, 0.1) is 27.7 Å². The summed E-state index contributed by atoms with van der Waals surface area (Å²) in [4.78, 5) is 35.2. The van der Waals surface area contributed by atoms with Crippen LogP contribution in [0.5, 0.6) is 0 Å². The monoisotopic (exact) mass is 745 g/mol. The second-order valence-corrected chi connectivity index (χ2v) is 16.5. The molecule has 0 saturated heterocycles. The van der Waals surface area contributed by atoms with Gasteiger partial charge in [-0.1, -0.05) is 128 Å². The van der Waals surface area contributed by atoms with Gasteiger partial charge >= 0.3 is 19.8 Å². The van der Waals surface area contributed by atoms with Crippen molar-refractivity contribution in [2.75, 3.05) is 47.5 Å². The molecule has 0 aromatic carbocycles. The third-order valence-corrected chi connectivity index (χ3v) is 9.69. The summed E-state index contributed by atoms with van der Waals surface area (Å²) in [7, 11) is 1.47. The van der Waals surface area contributed by atoms with Crippen LogP contribution in [0.15, 0.2) is 24.3 Å². The number of unbranched alkanes of at least 4 members (excludes halogenated alkanes) is 19. The number of nitrogens with zero attached hydrogens (tertiary/aromatic N) is 1. The van der Waals surface area contributed by atoms with Crippen LogP contribution in [-0.4, -0.2) is 74.9 Å². The first kappa shape index (κ1) is 49.5. The van der Waals surface area contributed by atoms with Gasteiger partial charge in [0, 0.05) is 12.8 Å². The van der Waals surface area contributed by atoms with E-state index in [1.807, 2.05) is 21.1 Å². The number of ether oxygens (including phenoxy) is 2. The van der Waals surface area contributed by atoms with E-state index in [-0.39, 0.29) is 32.0 Å². The molecule has 0 aliphatic carbocycles. The van der Waals surface area contributed by atoms with E-state index in [1.165, 1.54) is 64.2 Å². The Hall–Kier alpha value is -1.51. The lowest BCUT2D eigenvalue weighted by Crippen LogP contribution is -2.37. The highest BCUT2D eigenvalue weighted by molar-refractivity contribution is 7.47. The first-order valence-electron chi connectivity index (χ1n) is 20.6. The lowest BCUT2D eigenvalue weighted by atomic mass is 10.1. The molecule has 51 heavy (non-hydrogen) atoms. The highest BCUT2D eigenvalue weighted by Crippen LogP contribution is 2.43. The average molecular weight is 745 g/mol. The van der Waals surface area contributed by atoms with E-state index >= 15 is 0 Å². The van der Waals surface area contributed by atoms with Crippen LogP contribution in [0.2, 0.25) is 0 Å². The van der Waals surface area contributed by atoms with Gasteiger partial charge in [-0.05, 0) is 57.8 Å². The Kier molecular flexibility index (Phi) is 33.3. The fraction of sp³-hybridized carbons (Fsp3) is 0.854. The summed E-state index contributed by atoms with van der Waals surface area (Å²) >= 11 is 0. The maximum absolute atomic E-state index is 12.6. The van der Waals surface area contributed by atoms with Crippen LogP contribution in [0, 0.1) is 0 Å². The molecule has 0 radical (unpaired) electrons. The van der Waals surface area contributed by atoms with Crippen molar-refractivity contribution in [2.24, 2.45) is 0 Å². The first-order valence-corrected chi connectivity index (χ1v) is 22.1. The third kappa shape index (κ3) is 38.0. The molecule has 0 rings (SSSR count). The maximum atomic E-state index is 12.6. The molecule has 0 aromatic rings. The second-order valence-electron chi connectivity index (χ2n) is 15.0. The maximum Gasteiger partial charge on any atom is 0.472 e. The molecule has 2 atom stereocenters. The topological polar surface area (TPSA) is 108 Å². The van der Waals surface area contributed by atoms with Gasteiger partial charge in [0.1, 0.15) is 19.8 Å². The van der Waals surface area contributed by atoms with Crippen molar-refractivity contribution >= 4 is 19.8 Å². The van der Waals surface area contributed by atoms with Crippen molar-refractivity contribution in [3.05, 3.63) is 24.3 Å². The molecule has 0 fully saturated rings.